The van der Waals surface area contributed by atoms with Crippen molar-refractivity contribution in [2.75, 3.05) is 5.32 Å². The molecule has 4 rings (SSSR count). The average molecular weight is 376 g/mol. The van der Waals surface area contributed by atoms with E-state index in [1.165, 1.54) is 0 Å². The van der Waals surface area contributed by atoms with Crippen LogP contribution in [0.5, 0.6) is 0 Å². The SMILES string of the molecule is Cc1cccc(C(C)C)c1NC(=O)c1nc(C(=O)NC2CC2)n2ccccc12. The van der Waals surface area contributed by atoms with Gasteiger partial charge < -0.3 is 10.6 Å². The highest BCUT2D eigenvalue weighted by Gasteiger charge is 2.28. The molecule has 2 aromatic heterocycles. The Hall–Kier alpha value is -3.15. The van der Waals surface area contributed by atoms with Crippen LogP contribution in [-0.2, 0) is 0 Å². The van der Waals surface area contributed by atoms with E-state index in [1.54, 1.807) is 16.7 Å². The number of hydrogen-bond acceptors (Lipinski definition) is 3. The maximum Gasteiger partial charge on any atom is 0.287 e. The fourth-order valence-corrected chi connectivity index (χ4v) is 3.36. The van der Waals surface area contributed by atoms with Crippen molar-refractivity contribution in [3.05, 3.63) is 65.2 Å². The van der Waals surface area contributed by atoms with Gasteiger partial charge in [-0.3, -0.25) is 14.0 Å². The molecule has 1 aromatic carbocycles. The molecule has 2 N–H and O–H groups in total. The number of pyridine rings is 1. The van der Waals surface area contributed by atoms with Crippen molar-refractivity contribution in [2.24, 2.45) is 0 Å². The molecule has 0 unspecified atom stereocenters. The smallest absolute Gasteiger partial charge is 0.287 e. The van der Waals surface area contributed by atoms with Gasteiger partial charge in [0.1, 0.15) is 0 Å². The summed E-state index contributed by atoms with van der Waals surface area (Å²) < 4.78 is 1.67. The number of rotatable bonds is 5. The van der Waals surface area contributed by atoms with Gasteiger partial charge in [0.15, 0.2) is 5.69 Å². The number of amides is 2. The van der Waals surface area contributed by atoms with Crippen LogP contribution in [0.3, 0.4) is 0 Å². The number of nitrogens with one attached hydrogen (secondary N) is 2. The first-order valence-electron chi connectivity index (χ1n) is 9.64. The molecule has 6 heteroatoms. The van der Waals surface area contributed by atoms with Gasteiger partial charge in [-0.05, 0) is 48.9 Å². The van der Waals surface area contributed by atoms with Crippen molar-refractivity contribution in [3.63, 3.8) is 0 Å². The molecule has 1 aliphatic carbocycles. The molecule has 0 atom stereocenters. The Morgan fingerprint density at radius 1 is 1.11 bits per heavy atom. The van der Waals surface area contributed by atoms with Gasteiger partial charge in [0.05, 0.1) is 5.52 Å². The zero-order chi connectivity index (χ0) is 19.8. The minimum atomic E-state index is -0.314. The molecule has 0 bridgehead atoms. The second-order valence-electron chi connectivity index (χ2n) is 7.64. The zero-order valence-corrected chi connectivity index (χ0v) is 16.3. The van der Waals surface area contributed by atoms with Crippen LogP contribution in [0.25, 0.3) is 5.52 Å². The number of fused-ring (bicyclic) bond motifs is 1. The van der Waals surface area contributed by atoms with Crippen LogP contribution in [-0.4, -0.2) is 27.2 Å². The van der Waals surface area contributed by atoms with Crippen molar-refractivity contribution in [2.45, 2.75) is 45.6 Å². The molecule has 0 aliphatic heterocycles. The highest BCUT2D eigenvalue weighted by atomic mass is 16.2. The van der Waals surface area contributed by atoms with Gasteiger partial charge in [0, 0.05) is 17.9 Å². The Morgan fingerprint density at radius 3 is 2.61 bits per heavy atom. The van der Waals surface area contributed by atoms with E-state index in [2.05, 4.69) is 29.5 Å². The Kier molecular flexibility index (Phi) is 4.63. The number of hydrogen-bond donors (Lipinski definition) is 2. The van der Waals surface area contributed by atoms with Crippen molar-refractivity contribution in [1.29, 1.82) is 0 Å². The minimum absolute atomic E-state index is 0.224. The lowest BCUT2D eigenvalue weighted by molar-refractivity contribution is 0.0940. The van der Waals surface area contributed by atoms with Crippen LogP contribution in [0, 0.1) is 6.92 Å². The second kappa shape index (κ2) is 7.11. The predicted molar refractivity (Wildman–Crippen MR) is 109 cm³/mol. The number of nitrogens with zero attached hydrogens (tertiary/aromatic N) is 2. The largest absolute Gasteiger partial charge is 0.347 e. The van der Waals surface area contributed by atoms with Crippen LogP contribution in [0.15, 0.2) is 42.6 Å². The summed E-state index contributed by atoms with van der Waals surface area (Å²) in [5.41, 5.74) is 3.74. The van der Waals surface area contributed by atoms with E-state index in [1.807, 2.05) is 37.3 Å². The summed E-state index contributed by atoms with van der Waals surface area (Å²) in [4.78, 5) is 30.1. The fraction of sp³-hybridized carbons (Fsp3) is 0.318. The maximum absolute atomic E-state index is 13.1. The average Bonchev–Trinajstić information content (AvgIpc) is 3.39. The molecular formula is C22H24N4O2. The first kappa shape index (κ1) is 18.2. The monoisotopic (exact) mass is 376 g/mol. The Balaban J connectivity index is 1.72. The lowest BCUT2D eigenvalue weighted by atomic mass is 9.98. The first-order chi connectivity index (χ1) is 13.5. The van der Waals surface area contributed by atoms with Crippen LogP contribution >= 0.6 is 0 Å². The second-order valence-corrected chi connectivity index (χ2v) is 7.64. The van der Waals surface area contributed by atoms with E-state index in [4.69, 9.17) is 0 Å². The quantitative estimate of drug-likeness (QED) is 0.709. The summed E-state index contributed by atoms with van der Waals surface area (Å²) in [5, 5.41) is 5.97. The number of carbonyl (C=O) groups excluding carboxylic acids is 2. The molecule has 1 saturated carbocycles. The van der Waals surface area contributed by atoms with Crippen LogP contribution in [0.2, 0.25) is 0 Å². The number of aromatic nitrogens is 2. The van der Waals surface area contributed by atoms with Crippen LogP contribution in [0.1, 0.15) is 64.8 Å². The van der Waals surface area contributed by atoms with Crippen molar-refractivity contribution in [1.82, 2.24) is 14.7 Å². The Labute approximate surface area is 164 Å². The number of benzene rings is 1. The lowest BCUT2D eigenvalue weighted by Gasteiger charge is -2.16. The first-order valence-corrected chi connectivity index (χ1v) is 9.64. The maximum atomic E-state index is 13.1. The third-order valence-corrected chi connectivity index (χ3v) is 5.04. The molecule has 144 valence electrons. The van der Waals surface area contributed by atoms with Gasteiger partial charge in [-0.15, -0.1) is 0 Å². The summed E-state index contributed by atoms with van der Waals surface area (Å²) >= 11 is 0. The van der Waals surface area contributed by atoms with Gasteiger partial charge in [-0.1, -0.05) is 38.1 Å². The van der Waals surface area contributed by atoms with E-state index in [-0.39, 0.29) is 35.3 Å². The van der Waals surface area contributed by atoms with E-state index < -0.39 is 0 Å². The van der Waals surface area contributed by atoms with Gasteiger partial charge in [-0.2, -0.15) is 0 Å². The number of carbonyl (C=O) groups is 2. The molecule has 6 nitrogen and oxygen atoms in total. The summed E-state index contributed by atoms with van der Waals surface area (Å²) in [6.07, 6.45) is 3.75. The van der Waals surface area contributed by atoms with Crippen molar-refractivity contribution < 1.29 is 9.59 Å². The summed E-state index contributed by atoms with van der Waals surface area (Å²) in [6, 6.07) is 11.7. The molecule has 0 radical (unpaired) electrons. The molecule has 2 heterocycles. The minimum Gasteiger partial charge on any atom is -0.347 e. The highest BCUT2D eigenvalue weighted by Crippen LogP contribution is 2.28. The summed E-state index contributed by atoms with van der Waals surface area (Å²) in [7, 11) is 0. The topological polar surface area (TPSA) is 75.5 Å². The third kappa shape index (κ3) is 3.38. The number of aryl methyl sites for hydroxylation is 1. The zero-order valence-electron chi connectivity index (χ0n) is 16.3. The molecular weight excluding hydrogens is 352 g/mol. The fourth-order valence-electron chi connectivity index (χ4n) is 3.36. The van der Waals surface area contributed by atoms with E-state index in [0.29, 0.717) is 5.52 Å². The molecule has 0 saturated heterocycles. The van der Waals surface area contributed by atoms with E-state index in [9.17, 15) is 9.59 Å². The normalized spacial score (nSPS) is 13.7. The van der Waals surface area contributed by atoms with E-state index >= 15 is 0 Å². The molecule has 3 aromatic rings. The lowest BCUT2D eigenvalue weighted by Crippen LogP contribution is -2.27. The van der Waals surface area contributed by atoms with Gasteiger partial charge in [-0.25, -0.2) is 4.98 Å². The molecule has 1 fully saturated rings. The molecule has 1 aliphatic rings. The van der Waals surface area contributed by atoms with Crippen molar-refractivity contribution in [3.8, 4) is 0 Å². The summed E-state index contributed by atoms with van der Waals surface area (Å²) in [5.74, 6) is -0.0535. The molecule has 28 heavy (non-hydrogen) atoms. The summed E-state index contributed by atoms with van der Waals surface area (Å²) in [6.45, 7) is 6.16. The number of para-hydroxylation sites is 1. The standard InChI is InChI=1S/C22H24N4O2/c1-13(2)16-8-6-7-14(3)18(16)25-21(27)19-17-9-4-5-12-26(17)20(24-19)22(28)23-15-10-11-15/h4-9,12-13,15H,10-11H2,1-3H3,(H,23,28)(H,25,27). The predicted octanol–water partition coefficient (Wildman–Crippen LogP) is 3.91. The number of anilines is 1. The van der Waals surface area contributed by atoms with Gasteiger partial charge in [0.25, 0.3) is 11.8 Å². The third-order valence-electron chi connectivity index (χ3n) is 5.04. The Bertz CT molecular complexity index is 1060. The van der Waals surface area contributed by atoms with Crippen LogP contribution < -0.4 is 10.6 Å². The van der Waals surface area contributed by atoms with Crippen molar-refractivity contribution >= 4 is 23.0 Å². The van der Waals surface area contributed by atoms with Gasteiger partial charge >= 0.3 is 0 Å². The highest BCUT2D eigenvalue weighted by molar-refractivity contribution is 6.09. The molecule has 2 amide bonds. The van der Waals surface area contributed by atoms with E-state index in [0.717, 1.165) is 29.7 Å². The van der Waals surface area contributed by atoms with Crippen LogP contribution in [0.4, 0.5) is 5.69 Å². The molecule has 0 spiro atoms. The number of imidazole rings is 1. The van der Waals surface area contributed by atoms with Gasteiger partial charge in [0.2, 0.25) is 5.82 Å². The Morgan fingerprint density at radius 2 is 1.89 bits per heavy atom.